The van der Waals surface area contributed by atoms with Gasteiger partial charge in [-0.25, -0.2) is 0 Å². The fraction of sp³-hybridized carbons (Fsp3) is 0.377. The monoisotopic (exact) mass is 1040 g/mol. The second-order valence-electron chi connectivity index (χ2n) is 17.9. The van der Waals surface area contributed by atoms with Gasteiger partial charge >= 0.3 is 0 Å². The zero-order valence-electron chi connectivity index (χ0n) is 53.0. The van der Waals surface area contributed by atoms with Gasteiger partial charge in [-0.05, 0) is 81.5 Å². The second kappa shape index (κ2) is 48.2. The van der Waals surface area contributed by atoms with E-state index in [2.05, 4.69) is 265 Å². The Bertz CT molecular complexity index is 2210. The first-order valence-electron chi connectivity index (χ1n) is 30.1. The molecule has 0 heteroatoms. The molecule has 0 radical (unpaired) electrons. The molecule has 0 nitrogen and oxygen atoms in total. The first-order chi connectivity index (χ1) is 37.6. The van der Waals surface area contributed by atoms with Crippen molar-refractivity contribution >= 4 is 0 Å². The topological polar surface area (TPSA) is 0 Å². The molecule has 0 spiro atoms. The molecule has 0 N–H and O–H groups in total. The number of benzene rings is 8. The van der Waals surface area contributed by atoms with Crippen LogP contribution in [0, 0.1) is 11.3 Å². The normalized spacial score (nSPS) is 12.5. The van der Waals surface area contributed by atoms with Crippen molar-refractivity contribution in [3.63, 3.8) is 0 Å². The van der Waals surface area contributed by atoms with E-state index in [0.717, 1.165) is 12.3 Å². The van der Waals surface area contributed by atoms with Crippen molar-refractivity contribution in [1.82, 2.24) is 0 Å². The number of hydrogen-bond donors (Lipinski definition) is 0. The van der Waals surface area contributed by atoms with Crippen LogP contribution >= 0.6 is 0 Å². The Balaban J connectivity index is -0.000000884. The summed E-state index contributed by atoms with van der Waals surface area (Å²) in [6, 6.07) is 85.4. The van der Waals surface area contributed by atoms with Crippen LogP contribution in [0.15, 0.2) is 243 Å². The third kappa shape index (κ3) is 28.6. The van der Waals surface area contributed by atoms with Gasteiger partial charge in [0.25, 0.3) is 0 Å². The van der Waals surface area contributed by atoms with Crippen LogP contribution < -0.4 is 0 Å². The maximum atomic E-state index is 2.43. The van der Waals surface area contributed by atoms with Gasteiger partial charge in [0.15, 0.2) is 0 Å². The van der Waals surface area contributed by atoms with Crippen molar-refractivity contribution in [2.45, 2.75) is 182 Å². The number of rotatable bonds is 7. The Morgan fingerprint density at radius 1 is 0.325 bits per heavy atom. The molecule has 8 aromatic carbocycles. The lowest BCUT2D eigenvalue weighted by atomic mass is 9.55. The molecule has 1 atom stereocenters. The van der Waals surface area contributed by atoms with Gasteiger partial charge in [-0.2, -0.15) is 0 Å². The van der Waals surface area contributed by atoms with Gasteiger partial charge in [-0.3, -0.25) is 0 Å². The summed E-state index contributed by atoms with van der Waals surface area (Å²) in [5.41, 5.74) is 11.6. The molecule has 1 saturated carbocycles. The lowest BCUT2D eigenvalue weighted by Gasteiger charge is -2.48. The van der Waals surface area contributed by atoms with Crippen molar-refractivity contribution in [3.05, 3.63) is 276 Å². The number of hydrogen-bond acceptors (Lipinski definition) is 0. The first kappa shape index (κ1) is 75.0. The van der Waals surface area contributed by atoms with E-state index in [0.29, 0.717) is 5.41 Å². The molecule has 1 aliphatic rings. The molecule has 420 valence electrons. The van der Waals surface area contributed by atoms with Gasteiger partial charge in [0.2, 0.25) is 0 Å². The van der Waals surface area contributed by atoms with Crippen LogP contribution in [0.2, 0.25) is 0 Å². The molecule has 1 unspecified atom stereocenters. The summed E-state index contributed by atoms with van der Waals surface area (Å²) in [6.07, 6.45) is 4.85. The van der Waals surface area contributed by atoms with E-state index in [1.165, 1.54) is 63.8 Å². The molecule has 77 heavy (non-hydrogen) atoms. The fourth-order valence-electron chi connectivity index (χ4n) is 9.26. The smallest absolute Gasteiger partial charge is 0.0210 e. The van der Waals surface area contributed by atoms with Gasteiger partial charge < -0.3 is 0 Å². The van der Waals surface area contributed by atoms with E-state index >= 15 is 0 Å². The van der Waals surface area contributed by atoms with E-state index in [1.54, 1.807) is 0 Å². The quantitative estimate of drug-likeness (QED) is 0.149. The molecule has 0 heterocycles. The van der Waals surface area contributed by atoms with Crippen molar-refractivity contribution < 1.29 is 0 Å². The highest BCUT2D eigenvalue weighted by Gasteiger charge is 2.44. The predicted molar refractivity (Wildman–Crippen MR) is 354 cm³/mol. The van der Waals surface area contributed by atoms with Gasteiger partial charge in [-0.15, -0.1) is 0 Å². The summed E-state index contributed by atoms with van der Waals surface area (Å²) >= 11 is 0. The Labute approximate surface area is 477 Å². The van der Waals surface area contributed by atoms with Crippen molar-refractivity contribution in [3.8, 4) is 11.1 Å². The van der Waals surface area contributed by atoms with E-state index in [1.807, 2.05) is 123 Å². The highest BCUT2D eigenvalue weighted by atomic mass is 14.5. The molecule has 0 bridgehead atoms. The molecule has 0 saturated heterocycles. The third-order valence-electron chi connectivity index (χ3n) is 12.0. The van der Waals surface area contributed by atoms with Crippen LogP contribution in [0.5, 0.6) is 0 Å². The van der Waals surface area contributed by atoms with Gasteiger partial charge in [0.05, 0.1) is 0 Å². The summed E-state index contributed by atoms with van der Waals surface area (Å²) in [7, 11) is 0. The summed E-state index contributed by atoms with van der Waals surface area (Å²) < 4.78 is 0. The molecule has 9 rings (SSSR count). The summed E-state index contributed by atoms with van der Waals surface area (Å²) in [6.45, 7) is 43.8. The molecular weight excluding hydrogens is 925 g/mol. The fourth-order valence-corrected chi connectivity index (χ4v) is 9.26. The molecule has 0 amide bonds. The lowest BCUT2D eigenvalue weighted by Crippen LogP contribution is -2.41. The Morgan fingerprint density at radius 3 is 0.818 bits per heavy atom. The van der Waals surface area contributed by atoms with Crippen molar-refractivity contribution in [2.75, 3.05) is 0 Å². The highest BCUT2D eigenvalue weighted by Crippen LogP contribution is 2.53. The zero-order chi connectivity index (χ0) is 58.8. The van der Waals surface area contributed by atoms with E-state index in [9.17, 15) is 0 Å². The minimum absolute atomic E-state index is 0.0858. The van der Waals surface area contributed by atoms with Gasteiger partial charge in [-0.1, -0.05) is 388 Å². The largest absolute Gasteiger partial charge is 0.0683 e. The Kier molecular flexibility index (Phi) is 46.9. The highest BCUT2D eigenvalue weighted by molar-refractivity contribution is 5.62. The Hall–Kier alpha value is -6.24. The third-order valence-corrected chi connectivity index (χ3v) is 12.0. The van der Waals surface area contributed by atoms with E-state index in [-0.39, 0.29) is 10.8 Å². The molecule has 0 aromatic heterocycles. The minimum atomic E-state index is 0.0858. The first-order valence-corrected chi connectivity index (χ1v) is 30.1. The van der Waals surface area contributed by atoms with Crippen LogP contribution in [0.4, 0.5) is 0 Å². The maximum absolute atomic E-state index is 2.43. The lowest BCUT2D eigenvalue weighted by molar-refractivity contribution is 0.127. The standard InChI is InChI=1S/C21H26.C15H16.C13H12.C12H10.8C2H6/c1-17-14-20(2,3)16-21(15-17,18-10-6-4-7-11-18)19-12-8-5-9-13-19;1-15(2,13-9-5-3-6-10-13)14-11-7-4-8-12-14;1-3-7-12(8-4-1)11-13-9-5-2-6-10-13;1-3-7-11(8-4-1)12-9-5-2-6-10-12;8*1-2/h4-13,17H,14-16H2,1-3H3;3-12H,1-2H3;1-10H,11H2;1-10H;8*1-2H3. The summed E-state index contributed by atoms with van der Waals surface area (Å²) in [5.74, 6) is 0.758. The molecule has 8 aromatic rings. The van der Waals surface area contributed by atoms with Gasteiger partial charge in [0.1, 0.15) is 0 Å². The van der Waals surface area contributed by atoms with E-state index < -0.39 is 0 Å². The predicted octanol–water partition coefficient (Wildman–Crippen LogP) is 24.7. The maximum Gasteiger partial charge on any atom is 0.0210 e. The minimum Gasteiger partial charge on any atom is -0.0683 e. The van der Waals surface area contributed by atoms with Crippen LogP contribution in [0.1, 0.15) is 198 Å². The summed E-state index contributed by atoms with van der Waals surface area (Å²) in [5, 5.41) is 0. The van der Waals surface area contributed by atoms with Crippen LogP contribution in [-0.4, -0.2) is 0 Å². The summed E-state index contributed by atoms with van der Waals surface area (Å²) in [4.78, 5) is 0. The molecular formula is C77H112. The SMILES string of the molecule is CC.CC.CC.CC.CC.CC.CC.CC.CC(C)(c1ccccc1)c1ccccc1.CC1CC(C)(C)CC(c2ccccc2)(c2ccccc2)C1.c1ccc(-c2ccccc2)cc1.c1ccc(Cc2ccccc2)cc1. The molecule has 0 aliphatic heterocycles. The average Bonchev–Trinajstić information content (AvgIpc) is 3.53. The van der Waals surface area contributed by atoms with Crippen molar-refractivity contribution in [2.24, 2.45) is 11.3 Å². The van der Waals surface area contributed by atoms with Gasteiger partial charge in [0, 0.05) is 10.8 Å². The average molecular weight is 1040 g/mol. The van der Waals surface area contributed by atoms with Crippen molar-refractivity contribution in [1.29, 1.82) is 0 Å². The van der Waals surface area contributed by atoms with Crippen LogP contribution in [0.25, 0.3) is 11.1 Å². The molecule has 1 aliphatic carbocycles. The molecule has 1 fully saturated rings. The zero-order valence-corrected chi connectivity index (χ0v) is 53.0. The second-order valence-corrected chi connectivity index (χ2v) is 17.9. The Morgan fingerprint density at radius 2 is 0.558 bits per heavy atom. The van der Waals surface area contributed by atoms with Crippen LogP contribution in [0.3, 0.4) is 0 Å². The van der Waals surface area contributed by atoms with E-state index in [4.69, 9.17) is 0 Å². The van der Waals surface area contributed by atoms with Crippen LogP contribution in [-0.2, 0) is 17.3 Å².